The molecule has 0 radical (unpaired) electrons. The summed E-state index contributed by atoms with van der Waals surface area (Å²) < 4.78 is 5.40. The van der Waals surface area contributed by atoms with Gasteiger partial charge in [-0.25, -0.2) is 0 Å². The number of hydrogen-bond donors (Lipinski definition) is 1. The highest BCUT2D eigenvalue weighted by molar-refractivity contribution is 4.91. The summed E-state index contributed by atoms with van der Waals surface area (Å²) in [6.07, 6.45) is 3.93. The van der Waals surface area contributed by atoms with Gasteiger partial charge in [-0.1, -0.05) is 0 Å². The molecule has 1 aliphatic rings. The molecule has 0 saturated carbocycles. The van der Waals surface area contributed by atoms with E-state index in [2.05, 4.69) is 32.6 Å². The highest BCUT2D eigenvalue weighted by Crippen LogP contribution is 2.28. The second-order valence-electron chi connectivity index (χ2n) is 6.37. The zero-order valence-electron chi connectivity index (χ0n) is 12.1. The van der Waals surface area contributed by atoms with E-state index in [9.17, 15) is 5.11 Å². The lowest BCUT2D eigenvalue weighted by Gasteiger charge is -2.40. The lowest BCUT2D eigenvalue weighted by molar-refractivity contribution is -0.0326. The Hall–Kier alpha value is -0.120. The fraction of sp³-hybridized carbons (Fsp3) is 1.00. The zero-order chi connectivity index (χ0) is 13.1. The number of ether oxygens (including phenoxy) is 1. The van der Waals surface area contributed by atoms with Crippen LogP contribution in [0.2, 0.25) is 0 Å². The van der Waals surface area contributed by atoms with E-state index in [-0.39, 0.29) is 17.2 Å². The van der Waals surface area contributed by atoms with Crippen LogP contribution in [0.5, 0.6) is 0 Å². The molecule has 1 rings (SSSR count). The van der Waals surface area contributed by atoms with Gasteiger partial charge < -0.3 is 9.84 Å². The number of aliphatic hydroxyl groups excluding tert-OH is 1. The molecular formula is C14H29NO2. The maximum absolute atomic E-state index is 10.4. The third-order valence-corrected chi connectivity index (χ3v) is 4.31. The topological polar surface area (TPSA) is 32.7 Å². The first kappa shape index (κ1) is 14.9. The minimum absolute atomic E-state index is 0.111. The van der Waals surface area contributed by atoms with Gasteiger partial charge in [-0.3, -0.25) is 4.90 Å². The van der Waals surface area contributed by atoms with Gasteiger partial charge in [0.15, 0.2) is 0 Å². The van der Waals surface area contributed by atoms with Gasteiger partial charge in [0.05, 0.1) is 11.7 Å². The summed E-state index contributed by atoms with van der Waals surface area (Å²) in [6.45, 7) is 10.7. The molecular weight excluding hydrogens is 214 g/mol. The van der Waals surface area contributed by atoms with Gasteiger partial charge >= 0.3 is 0 Å². The number of aliphatic hydroxyl groups is 1. The summed E-state index contributed by atoms with van der Waals surface area (Å²) in [5, 5.41) is 10.4. The maximum atomic E-state index is 10.4. The van der Waals surface area contributed by atoms with Crippen LogP contribution in [0.3, 0.4) is 0 Å². The predicted octanol–water partition coefficient (Wildman–Crippen LogP) is 2.43. The van der Waals surface area contributed by atoms with Crippen LogP contribution in [0.1, 0.15) is 53.4 Å². The minimum Gasteiger partial charge on any atom is -0.391 e. The molecule has 1 heterocycles. The molecule has 17 heavy (non-hydrogen) atoms. The SMILES string of the molecule is COC(C)(C)CCC(O)C(C)(C)N1CCCC1. The minimum atomic E-state index is -0.282. The molecule has 0 aromatic carbocycles. The highest BCUT2D eigenvalue weighted by atomic mass is 16.5. The van der Waals surface area contributed by atoms with E-state index in [0.717, 1.165) is 25.9 Å². The first-order valence-electron chi connectivity index (χ1n) is 6.78. The van der Waals surface area contributed by atoms with Gasteiger partial charge in [0, 0.05) is 12.6 Å². The lowest BCUT2D eigenvalue weighted by atomic mass is 9.88. The summed E-state index contributed by atoms with van der Waals surface area (Å²) in [5.74, 6) is 0. The van der Waals surface area contributed by atoms with Gasteiger partial charge in [0.2, 0.25) is 0 Å². The molecule has 0 aliphatic carbocycles. The molecule has 1 atom stereocenters. The van der Waals surface area contributed by atoms with Crippen LogP contribution < -0.4 is 0 Å². The Kier molecular flexibility index (Phi) is 4.99. The summed E-state index contributed by atoms with van der Waals surface area (Å²) in [7, 11) is 1.73. The average Bonchev–Trinajstić information content (AvgIpc) is 2.79. The molecule has 1 saturated heterocycles. The monoisotopic (exact) mass is 243 g/mol. The normalized spacial score (nSPS) is 20.8. The van der Waals surface area contributed by atoms with Crippen molar-refractivity contribution >= 4 is 0 Å². The maximum Gasteiger partial charge on any atom is 0.0719 e. The van der Waals surface area contributed by atoms with Crippen molar-refractivity contribution in [3.8, 4) is 0 Å². The highest BCUT2D eigenvalue weighted by Gasteiger charge is 2.36. The Balaban J connectivity index is 2.47. The smallest absolute Gasteiger partial charge is 0.0719 e. The summed E-state index contributed by atoms with van der Waals surface area (Å²) in [6, 6.07) is 0. The zero-order valence-corrected chi connectivity index (χ0v) is 12.1. The standard InChI is InChI=1S/C14H29NO2/c1-13(2,17-5)9-8-12(16)14(3,4)15-10-6-7-11-15/h12,16H,6-11H2,1-5H3. The van der Waals surface area contributed by atoms with Gasteiger partial charge in [-0.15, -0.1) is 0 Å². The molecule has 0 amide bonds. The second-order valence-corrected chi connectivity index (χ2v) is 6.37. The predicted molar refractivity (Wildman–Crippen MR) is 71.2 cm³/mol. The third kappa shape index (κ3) is 3.94. The Morgan fingerprint density at radius 2 is 1.71 bits per heavy atom. The van der Waals surface area contributed by atoms with Crippen molar-refractivity contribution in [1.82, 2.24) is 4.90 Å². The van der Waals surface area contributed by atoms with Crippen LogP contribution in [0.25, 0.3) is 0 Å². The molecule has 0 aromatic rings. The molecule has 0 aromatic heterocycles. The summed E-state index contributed by atoms with van der Waals surface area (Å²) in [4.78, 5) is 2.41. The van der Waals surface area contributed by atoms with Gasteiger partial charge in [-0.2, -0.15) is 0 Å². The van der Waals surface area contributed by atoms with E-state index in [1.807, 2.05) is 0 Å². The van der Waals surface area contributed by atoms with E-state index in [1.54, 1.807) is 7.11 Å². The Labute approximate surface area is 106 Å². The van der Waals surface area contributed by atoms with Crippen LogP contribution in [-0.4, -0.2) is 47.4 Å². The molecule has 1 aliphatic heterocycles. The lowest BCUT2D eigenvalue weighted by Crippen LogP contribution is -2.51. The molecule has 0 spiro atoms. The number of likely N-dealkylation sites (tertiary alicyclic amines) is 1. The van der Waals surface area contributed by atoms with Crippen molar-refractivity contribution in [1.29, 1.82) is 0 Å². The van der Waals surface area contributed by atoms with Crippen molar-refractivity contribution in [3.05, 3.63) is 0 Å². The molecule has 1 N–H and O–H groups in total. The van der Waals surface area contributed by atoms with Crippen LogP contribution in [0, 0.1) is 0 Å². The van der Waals surface area contributed by atoms with Crippen molar-refractivity contribution in [2.75, 3.05) is 20.2 Å². The van der Waals surface area contributed by atoms with E-state index in [0.29, 0.717) is 0 Å². The van der Waals surface area contributed by atoms with Gasteiger partial charge in [0.1, 0.15) is 0 Å². The van der Waals surface area contributed by atoms with Crippen LogP contribution in [-0.2, 0) is 4.74 Å². The van der Waals surface area contributed by atoms with Crippen molar-refractivity contribution < 1.29 is 9.84 Å². The van der Waals surface area contributed by atoms with Crippen LogP contribution in [0.15, 0.2) is 0 Å². The number of nitrogens with zero attached hydrogens (tertiary/aromatic N) is 1. The first-order valence-corrected chi connectivity index (χ1v) is 6.78. The van der Waals surface area contributed by atoms with Crippen molar-refractivity contribution in [2.45, 2.75) is 70.6 Å². The first-order chi connectivity index (χ1) is 7.79. The quantitative estimate of drug-likeness (QED) is 0.777. The third-order valence-electron chi connectivity index (χ3n) is 4.31. The number of hydrogen-bond acceptors (Lipinski definition) is 3. The molecule has 102 valence electrons. The van der Waals surface area contributed by atoms with Crippen LogP contribution in [0.4, 0.5) is 0 Å². The average molecular weight is 243 g/mol. The van der Waals surface area contributed by atoms with Crippen molar-refractivity contribution in [3.63, 3.8) is 0 Å². The summed E-state index contributed by atoms with van der Waals surface area (Å²) >= 11 is 0. The largest absolute Gasteiger partial charge is 0.391 e. The fourth-order valence-corrected chi connectivity index (χ4v) is 2.44. The Morgan fingerprint density at radius 1 is 1.18 bits per heavy atom. The van der Waals surface area contributed by atoms with Gasteiger partial charge in [-0.05, 0) is 66.5 Å². The fourth-order valence-electron chi connectivity index (χ4n) is 2.44. The van der Waals surface area contributed by atoms with Crippen LogP contribution >= 0.6 is 0 Å². The second kappa shape index (κ2) is 5.68. The molecule has 1 fully saturated rings. The van der Waals surface area contributed by atoms with E-state index in [4.69, 9.17) is 4.74 Å². The number of methoxy groups -OCH3 is 1. The summed E-state index contributed by atoms with van der Waals surface area (Å²) in [5.41, 5.74) is -0.248. The molecule has 3 heteroatoms. The van der Waals surface area contributed by atoms with E-state index in [1.165, 1.54) is 12.8 Å². The molecule has 3 nitrogen and oxygen atoms in total. The number of rotatable bonds is 6. The van der Waals surface area contributed by atoms with Crippen molar-refractivity contribution in [2.24, 2.45) is 0 Å². The Morgan fingerprint density at radius 3 is 2.18 bits per heavy atom. The van der Waals surface area contributed by atoms with E-state index >= 15 is 0 Å². The molecule has 1 unspecified atom stereocenters. The Bertz CT molecular complexity index is 232. The molecule has 0 bridgehead atoms. The van der Waals surface area contributed by atoms with Gasteiger partial charge in [0.25, 0.3) is 0 Å². The van der Waals surface area contributed by atoms with E-state index < -0.39 is 0 Å².